The Morgan fingerprint density at radius 3 is 2.66 bits per heavy atom. The highest BCUT2D eigenvalue weighted by Crippen LogP contribution is 2.32. The number of carbonyl (C=O) groups is 1. The summed E-state index contributed by atoms with van der Waals surface area (Å²) in [6.07, 6.45) is 4.64. The average molecular weight is 477 g/mol. The van der Waals surface area contributed by atoms with Gasteiger partial charge in [0.1, 0.15) is 11.3 Å². The largest absolute Gasteiger partial charge is 0.379 e. The summed E-state index contributed by atoms with van der Waals surface area (Å²) in [4.78, 5) is 17.7. The van der Waals surface area contributed by atoms with E-state index in [2.05, 4.69) is 39.1 Å². The minimum atomic E-state index is 0.0580. The fourth-order valence-corrected chi connectivity index (χ4v) is 5.44. The fraction of sp³-hybridized carbons (Fsp3) is 0.556. The molecule has 0 spiro atoms. The maximum absolute atomic E-state index is 13.1. The zero-order valence-electron chi connectivity index (χ0n) is 20.9. The fourth-order valence-electron chi connectivity index (χ4n) is 5.44. The molecular formula is C27H36N6O2. The number of fused-ring (bicyclic) bond motifs is 1. The standard InChI is InChI=1S/C27H36N6O2/c1-20-25-21(2)33(23-10-4-3-5-11-23)30-26(25)27(29-28-20)32-14-8-9-22(19-32)24(34)12-6-7-13-31-15-17-35-18-16-31/h3-5,10-11,22H,6-9,12-19H2,1-2H3. The maximum atomic E-state index is 13.1. The first-order chi connectivity index (χ1) is 17.1. The second kappa shape index (κ2) is 10.8. The van der Waals surface area contributed by atoms with E-state index < -0.39 is 0 Å². The molecule has 0 radical (unpaired) electrons. The number of rotatable bonds is 8. The number of ether oxygens (including phenoxy) is 1. The van der Waals surface area contributed by atoms with Gasteiger partial charge >= 0.3 is 0 Å². The Morgan fingerprint density at radius 1 is 1.06 bits per heavy atom. The number of benzene rings is 1. The van der Waals surface area contributed by atoms with E-state index in [1.165, 1.54) is 0 Å². The lowest BCUT2D eigenvalue weighted by Crippen LogP contribution is -2.39. The van der Waals surface area contributed by atoms with Crippen LogP contribution in [0.3, 0.4) is 0 Å². The number of para-hydroxylation sites is 1. The van der Waals surface area contributed by atoms with Gasteiger partial charge in [-0.05, 0) is 58.2 Å². The van der Waals surface area contributed by atoms with Crippen LogP contribution in [0.15, 0.2) is 30.3 Å². The molecule has 2 saturated heterocycles. The third-order valence-electron chi connectivity index (χ3n) is 7.41. The van der Waals surface area contributed by atoms with Crippen molar-refractivity contribution >= 4 is 22.5 Å². The summed E-state index contributed by atoms with van der Waals surface area (Å²) in [6.45, 7) is 10.4. The van der Waals surface area contributed by atoms with E-state index in [4.69, 9.17) is 9.84 Å². The van der Waals surface area contributed by atoms with Gasteiger partial charge in [-0.15, -0.1) is 5.10 Å². The van der Waals surface area contributed by atoms with Crippen LogP contribution in [0.2, 0.25) is 0 Å². The van der Waals surface area contributed by atoms with Crippen LogP contribution >= 0.6 is 0 Å². The van der Waals surface area contributed by atoms with Crippen LogP contribution in [-0.4, -0.2) is 76.6 Å². The molecule has 2 fully saturated rings. The molecule has 5 rings (SSSR count). The van der Waals surface area contributed by atoms with Gasteiger partial charge in [0.2, 0.25) is 0 Å². The Morgan fingerprint density at radius 2 is 1.86 bits per heavy atom. The van der Waals surface area contributed by atoms with E-state index in [9.17, 15) is 4.79 Å². The number of piperidine rings is 1. The molecule has 8 nitrogen and oxygen atoms in total. The van der Waals surface area contributed by atoms with Crippen molar-refractivity contribution in [2.75, 3.05) is 50.8 Å². The van der Waals surface area contributed by atoms with Gasteiger partial charge in [-0.25, -0.2) is 4.68 Å². The highest BCUT2D eigenvalue weighted by Gasteiger charge is 2.29. The number of aryl methyl sites for hydroxylation is 2. The quantitative estimate of drug-likeness (QED) is 0.459. The van der Waals surface area contributed by atoms with E-state index in [1.54, 1.807) is 0 Å². The number of Topliss-reactive ketones (excluding diaryl/α,β-unsaturated/α-hetero) is 1. The van der Waals surface area contributed by atoms with Crippen molar-refractivity contribution in [3.63, 3.8) is 0 Å². The second-order valence-corrected chi connectivity index (χ2v) is 9.83. The number of morpholine rings is 1. The van der Waals surface area contributed by atoms with E-state index in [0.29, 0.717) is 18.7 Å². The first-order valence-electron chi connectivity index (χ1n) is 13.0. The smallest absolute Gasteiger partial charge is 0.179 e. The number of hydrogen-bond donors (Lipinski definition) is 0. The zero-order valence-corrected chi connectivity index (χ0v) is 20.9. The van der Waals surface area contributed by atoms with Crippen LogP contribution in [0, 0.1) is 19.8 Å². The van der Waals surface area contributed by atoms with Crippen LogP contribution < -0.4 is 4.90 Å². The summed E-state index contributed by atoms with van der Waals surface area (Å²) < 4.78 is 7.40. The van der Waals surface area contributed by atoms with Gasteiger partial charge in [0.15, 0.2) is 5.82 Å². The van der Waals surface area contributed by atoms with Gasteiger partial charge in [-0.2, -0.15) is 10.2 Å². The SMILES string of the molecule is Cc1nnc(N2CCCC(C(=O)CCCCN3CCOCC3)C2)c2nn(-c3ccccc3)c(C)c12. The lowest BCUT2D eigenvalue weighted by atomic mass is 9.91. The van der Waals surface area contributed by atoms with Crippen molar-refractivity contribution in [2.24, 2.45) is 5.92 Å². The number of carbonyl (C=O) groups excluding carboxylic acids is 1. The minimum absolute atomic E-state index is 0.0580. The molecule has 4 heterocycles. The van der Waals surface area contributed by atoms with Crippen LogP contribution in [0.25, 0.3) is 16.6 Å². The summed E-state index contributed by atoms with van der Waals surface area (Å²) in [6, 6.07) is 10.2. The number of hydrogen-bond acceptors (Lipinski definition) is 7. The molecule has 2 aliphatic heterocycles. The van der Waals surface area contributed by atoms with Gasteiger partial charge < -0.3 is 9.64 Å². The molecule has 35 heavy (non-hydrogen) atoms. The summed E-state index contributed by atoms with van der Waals surface area (Å²) in [5, 5.41) is 15.1. The normalized spacial score (nSPS) is 19.4. The molecule has 1 aromatic carbocycles. The molecule has 186 valence electrons. The molecule has 2 aromatic heterocycles. The molecule has 0 aliphatic carbocycles. The molecule has 0 saturated carbocycles. The Bertz CT molecular complexity index is 1160. The van der Waals surface area contributed by atoms with E-state index in [1.807, 2.05) is 29.8 Å². The van der Waals surface area contributed by atoms with Crippen LogP contribution in [0.5, 0.6) is 0 Å². The van der Waals surface area contributed by atoms with Gasteiger partial charge in [0, 0.05) is 38.5 Å². The summed E-state index contributed by atoms with van der Waals surface area (Å²) in [5.74, 6) is 1.25. The predicted molar refractivity (Wildman–Crippen MR) is 137 cm³/mol. The van der Waals surface area contributed by atoms with Gasteiger partial charge in [0.25, 0.3) is 0 Å². The minimum Gasteiger partial charge on any atom is -0.379 e. The van der Waals surface area contributed by atoms with Crippen molar-refractivity contribution in [3.8, 4) is 5.69 Å². The molecule has 1 unspecified atom stereocenters. The Kier molecular flexibility index (Phi) is 7.39. The molecule has 8 heteroatoms. The van der Waals surface area contributed by atoms with Crippen LogP contribution in [-0.2, 0) is 9.53 Å². The first-order valence-corrected chi connectivity index (χ1v) is 13.0. The molecule has 3 aromatic rings. The van der Waals surface area contributed by atoms with Crippen molar-refractivity contribution < 1.29 is 9.53 Å². The molecular weight excluding hydrogens is 440 g/mol. The molecule has 1 atom stereocenters. The lowest BCUT2D eigenvalue weighted by molar-refractivity contribution is -0.123. The number of unbranched alkanes of at least 4 members (excludes halogenated alkanes) is 1. The van der Waals surface area contributed by atoms with Gasteiger partial charge in [0.05, 0.1) is 35.7 Å². The highest BCUT2D eigenvalue weighted by molar-refractivity contribution is 5.92. The second-order valence-electron chi connectivity index (χ2n) is 9.83. The molecule has 0 amide bonds. The third kappa shape index (κ3) is 5.23. The predicted octanol–water partition coefficient (Wildman–Crippen LogP) is 3.72. The highest BCUT2D eigenvalue weighted by atomic mass is 16.5. The Hall–Kier alpha value is -2.84. The van der Waals surface area contributed by atoms with E-state index in [-0.39, 0.29) is 5.92 Å². The number of ketones is 1. The monoisotopic (exact) mass is 476 g/mol. The summed E-state index contributed by atoms with van der Waals surface area (Å²) in [5.41, 5.74) is 3.84. The number of nitrogens with zero attached hydrogens (tertiary/aromatic N) is 6. The molecule has 0 N–H and O–H groups in total. The lowest BCUT2D eigenvalue weighted by Gasteiger charge is -2.32. The zero-order chi connectivity index (χ0) is 24.2. The summed E-state index contributed by atoms with van der Waals surface area (Å²) in [7, 11) is 0. The third-order valence-corrected chi connectivity index (χ3v) is 7.41. The van der Waals surface area contributed by atoms with Crippen molar-refractivity contribution in [1.82, 2.24) is 24.9 Å². The van der Waals surface area contributed by atoms with Crippen molar-refractivity contribution in [1.29, 1.82) is 0 Å². The van der Waals surface area contributed by atoms with Crippen LogP contribution in [0.1, 0.15) is 43.5 Å². The van der Waals surface area contributed by atoms with E-state index in [0.717, 1.165) is 98.9 Å². The Labute approximate surface area is 207 Å². The first kappa shape index (κ1) is 23.9. The van der Waals surface area contributed by atoms with E-state index >= 15 is 0 Å². The Balaban J connectivity index is 1.27. The molecule has 0 bridgehead atoms. The van der Waals surface area contributed by atoms with Gasteiger partial charge in [-0.3, -0.25) is 9.69 Å². The topological polar surface area (TPSA) is 76.4 Å². The van der Waals surface area contributed by atoms with Gasteiger partial charge in [-0.1, -0.05) is 18.2 Å². The van der Waals surface area contributed by atoms with Crippen molar-refractivity contribution in [3.05, 3.63) is 41.7 Å². The molecule has 2 aliphatic rings. The average Bonchev–Trinajstić information content (AvgIpc) is 3.26. The maximum Gasteiger partial charge on any atom is 0.179 e. The number of anilines is 1. The van der Waals surface area contributed by atoms with Crippen molar-refractivity contribution in [2.45, 2.75) is 46.0 Å². The number of aromatic nitrogens is 4. The summed E-state index contributed by atoms with van der Waals surface area (Å²) >= 11 is 0. The van der Waals surface area contributed by atoms with Crippen LogP contribution in [0.4, 0.5) is 5.82 Å².